The Bertz CT molecular complexity index is 406. The van der Waals surface area contributed by atoms with Gasteiger partial charge in [0.1, 0.15) is 0 Å². The quantitative estimate of drug-likeness (QED) is 0.775. The molecule has 1 saturated heterocycles. The fourth-order valence-corrected chi connectivity index (χ4v) is 3.50. The number of piperidine rings is 1. The largest absolute Gasteiger partial charge is 0.298 e. The molecule has 0 spiro atoms. The van der Waals surface area contributed by atoms with Crippen LogP contribution in [-0.4, -0.2) is 18.0 Å². The predicted molar refractivity (Wildman–Crippen MR) is 67.0 cm³/mol. The third kappa shape index (κ3) is 2.08. The van der Waals surface area contributed by atoms with Crippen LogP contribution in [0.5, 0.6) is 0 Å². The van der Waals surface area contributed by atoms with E-state index in [9.17, 15) is 5.26 Å². The van der Waals surface area contributed by atoms with Gasteiger partial charge < -0.3 is 0 Å². The van der Waals surface area contributed by atoms with Crippen molar-refractivity contribution < 1.29 is 0 Å². The summed E-state index contributed by atoms with van der Waals surface area (Å²) < 4.78 is 0. The molecule has 0 N–H and O–H groups in total. The van der Waals surface area contributed by atoms with Crippen molar-refractivity contribution in [2.24, 2.45) is 17.8 Å². The first-order valence-electron chi connectivity index (χ1n) is 6.52. The van der Waals surface area contributed by atoms with Crippen molar-refractivity contribution in [3.05, 3.63) is 35.9 Å². The van der Waals surface area contributed by atoms with E-state index in [0.717, 1.165) is 19.6 Å². The summed E-state index contributed by atoms with van der Waals surface area (Å²) in [4.78, 5) is 2.53. The molecule has 2 nitrogen and oxygen atoms in total. The highest BCUT2D eigenvalue weighted by atomic mass is 15.1. The van der Waals surface area contributed by atoms with Gasteiger partial charge in [0, 0.05) is 19.6 Å². The molecule has 0 amide bonds. The summed E-state index contributed by atoms with van der Waals surface area (Å²) in [5.41, 5.74) is 1.39. The van der Waals surface area contributed by atoms with E-state index < -0.39 is 0 Å². The zero-order chi connectivity index (χ0) is 11.7. The smallest absolute Gasteiger partial charge is 0.0662 e. The number of fused-ring (bicyclic) bond motifs is 2. The first kappa shape index (κ1) is 10.8. The van der Waals surface area contributed by atoms with Crippen molar-refractivity contribution >= 4 is 0 Å². The summed E-state index contributed by atoms with van der Waals surface area (Å²) in [6.45, 7) is 3.28. The third-order valence-corrected chi connectivity index (χ3v) is 4.31. The highest BCUT2D eigenvalue weighted by Crippen LogP contribution is 2.41. The van der Waals surface area contributed by atoms with E-state index in [1.807, 2.05) is 0 Å². The minimum Gasteiger partial charge on any atom is -0.298 e. The molecular formula is C15H18N2. The van der Waals surface area contributed by atoms with E-state index in [-0.39, 0.29) is 0 Å². The van der Waals surface area contributed by atoms with E-state index >= 15 is 0 Å². The molecule has 1 saturated carbocycles. The maximum Gasteiger partial charge on any atom is 0.0662 e. The van der Waals surface area contributed by atoms with Crippen molar-refractivity contribution in [3.8, 4) is 6.07 Å². The Morgan fingerprint density at radius 1 is 1.12 bits per heavy atom. The highest BCUT2D eigenvalue weighted by Gasteiger charge is 2.41. The molecule has 1 aliphatic carbocycles. The average molecular weight is 226 g/mol. The normalized spacial score (nSPS) is 32.3. The van der Waals surface area contributed by atoms with E-state index in [2.05, 4.69) is 41.3 Å². The van der Waals surface area contributed by atoms with Crippen LogP contribution in [-0.2, 0) is 6.54 Å². The summed E-state index contributed by atoms with van der Waals surface area (Å²) in [5.74, 6) is 1.59. The van der Waals surface area contributed by atoms with E-state index in [4.69, 9.17) is 0 Å². The highest BCUT2D eigenvalue weighted by molar-refractivity contribution is 5.15. The van der Waals surface area contributed by atoms with Gasteiger partial charge in [-0.25, -0.2) is 0 Å². The lowest BCUT2D eigenvalue weighted by Gasteiger charge is -2.34. The standard InChI is InChI=1S/C15H18N2/c16-8-15-13-6-7-14(15)11-17(10-13)9-12-4-2-1-3-5-12/h1-5,13-15H,6-7,9-11H2. The first-order valence-corrected chi connectivity index (χ1v) is 6.52. The predicted octanol–water partition coefficient (Wildman–Crippen LogP) is 2.67. The fraction of sp³-hybridized carbons (Fsp3) is 0.533. The van der Waals surface area contributed by atoms with Gasteiger partial charge >= 0.3 is 0 Å². The second-order valence-corrected chi connectivity index (χ2v) is 5.43. The monoisotopic (exact) mass is 226 g/mol. The Morgan fingerprint density at radius 2 is 1.76 bits per heavy atom. The molecule has 3 rings (SSSR count). The van der Waals surface area contributed by atoms with Gasteiger partial charge in [0.15, 0.2) is 0 Å². The van der Waals surface area contributed by atoms with Crippen molar-refractivity contribution in [1.29, 1.82) is 5.26 Å². The first-order chi connectivity index (χ1) is 8.36. The van der Waals surface area contributed by atoms with Gasteiger partial charge in [0.05, 0.1) is 12.0 Å². The Balaban J connectivity index is 1.67. The summed E-state index contributed by atoms with van der Waals surface area (Å²) in [6, 6.07) is 13.2. The van der Waals surface area contributed by atoms with E-state index in [0.29, 0.717) is 17.8 Å². The lowest BCUT2D eigenvalue weighted by atomic mass is 9.86. The summed E-state index contributed by atoms with van der Waals surface area (Å²) in [6.07, 6.45) is 2.52. The molecule has 1 aromatic carbocycles. The number of hydrogen-bond donors (Lipinski definition) is 0. The molecule has 2 bridgehead atoms. The summed E-state index contributed by atoms with van der Waals surface area (Å²) in [5, 5.41) is 9.18. The molecule has 1 heterocycles. The number of rotatable bonds is 2. The second-order valence-electron chi connectivity index (χ2n) is 5.43. The molecule has 0 radical (unpaired) electrons. The second kappa shape index (κ2) is 4.50. The van der Waals surface area contributed by atoms with Crippen molar-refractivity contribution in [2.75, 3.05) is 13.1 Å². The van der Waals surface area contributed by atoms with Crippen LogP contribution in [0, 0.1) is 29.1 Å². The molecule has 2 heteroatoms. The molecule has 2 aliphatic rings. The number of benzene rings is 1. The van der Waals surface area contributed by atoms with Crippen LogP contribution in [0.25, 0.3) is 0 Å². The van der Waals surface area contributed by atoms with Crippen LogP contribution in [0.1, 0.15) is 18.4 Å². The van der Waals surface area contributed by atoms with Crippen LogP contribution in [0.15, 0.2) is 30.3 Å². The number of nitrogens with zero attached hydrogens (tertiary/aromatic N) is 2. The van der Waals surface area contributed by atoms with Crippen molar-refractivity contribution in [2.45, 2.75) is 19.4 Å². The van der Waals surface area contributed by atoms with E-state index in [1.165, 1.54) is 18.4 Å². The molecule has 0 aromatic heterocycles. The topological polar surface area (TPSA) is 27.0 Å². The molecule has 1 aliphatic heterocycles. The SMILES string of the molecule is N#CC1C2CCC1CN(Cc1ccccc1)C2. The Labute approximate surface area is 103 Å². The van der Waals surface area contributed by atoms with Crippen LogP contribution < -0.4 is 0 Å². The van der Waals surface area contributed by atoms with Gasteiger partial charge in [-0.15, -0.1) is 0 Å². The number of likely N-dealkylation sites (tertiary alicyclic amines) is 1. The average Bonchev–Trinajstić information content (AvgIpc) is 2.61. The minimum atomic E-state index is 0.335. The third-order valence-electron chi connectivity index (χ3n) is 4.31. The Hall–Kier alpha value is -1.33. The molecule has 2 atom stereocenters. The van der Waals surface area contributed by atoms with Crippen LogP contribution >= 0.6 is 0 Å². The van der Waals surface area contributed by atoms with E-state index in [1.54, 1.807) is 0 Å². The maximum atomic E-state index is 9.18. The molecular weight excluding hydrogens is 208 g/mol. The molecule has 1 aromatic rings. The van der Waals surface area contributed by atoms with Crippen LogP contribution in [0.2, 0.25) is 0 Å². The zero-order valence-electron chi connectivity index (χ0n) is 10.0. The molecule has 17 heavy (non-hydrogen) atoms. The summed E-state index contributed by atoms with van der Waals surface area (Å²) >= 11 is 0. The van der Waals surface area contributed by atoms with Crippen molar-refractivity contribution in [1.82, 2.24) is 4.90 Å². The maximum absolute atomic E-state index is 9.18. The van der Waals surface area contributed by atoms with Gasteiger partial charge in [0.25, 0.3) is 0 Å². The van der Waals surface area contributed by atoms with Gasteiger partial charge in [-0.1, -0.05) is 30.3 Å². The Morgan fingerprint density at radius 3 is 2.35 bits per heavy atom. The van der Waals surface area contributed by atoms with Crippen LogP contribution in [0.4, 0.5) is 0 Å². The van der Waals surface area contributed by atoms with Gasteiger partial charge in [-0.2, -0.15) is 5.26 Å². The van der Waals surface area contributed by atoms with Crippen molar-refractivity contribution in [3.63, 3.8) is 0 Å². The molecule has 2 fully saturated rings. The fourth-order valence-electron chi connectivity index (χ4n) is 3.50. The molecule has 2 unspecified atom stereocenters. The lowest BCUT2D eigenvalue weighted by molar-refractivity contribution is 0.129. The number of nitriles is 1. The Kier molecular flexibility index (Phi) is 2.86. The van der Waals surface area contributed by atoms with Gasteiger partial charge in [-0.3, -0.25) is 4.90 Å². The lowest BCUT2D eigenvalue weighted by Crippen LogP contribution is -2.40. The zero-order valence-corrected chi connectivity index (χ0v) is 10.0. The van der Waals surface area contributed by atoms with Crippen LogP contribution in [0.3, 0.4) is 0 Å². The van der Waals surface area contributed by atoms with Gasteiger partial charge in [0.2, 0.25) is 0 Å². The van der Waals surface area contributed by atoms with Gasteiger partial charge in [-0.05, 0) is 30.2 Å². The molecule has 88 valence electrons. The number of hydrogen-bond acceptors (Lipinski definition) is 2. The minimum absolute atomic E-state index is 0.335. The summed E-state index contributed by atoms with van der Waals surface area (Å²) in [7, 11) is 0.